The molecule has 8 nitrogen and oxygen atoms in total. The van der Waals surface area contributed by atoms with Crippen LogP contribution in [-0.2, 0) is 19.1 Å². The van der Waals surface area contributed by atoms with Crippen molar-refractivity contribution in [3.8, 4) is 0 Å². The van der Waals surface area contributed by atoms with Gasteiger partial charge in [-0.05, 0) is 18.8 Å². The molecule has 146 valence electrons. The molecule has 0 unspecified atom stereocenters. The van der Waals surface area contributed by atoms with Crippen molar-refractivity contribution in [2.24, 2.45) is 5.92 Å². The number of nitrogens with one attached hydrogen (secondary N) is 2. The molecule has 0 radical (unpaired) electrons. The maximum Gasteiger partial charge on any atom is 0.328 e. The number of carbonyl (C=O) groups is 4. The Hall–Kier alpha value is -2.12. The third-order valence-corrected chi connectivity index (χ3v) is 5.49. The standard InChI is InChI=1S/C18H29N3O5/c1-4-12(2)14(15(23)26-3)19-13(22)11-21-16(24)18(20-17(21)25)9-7-5-6-8-10-18/h12,14H,4-11H2,1-3H3,(H,19,22)(H,20,25)/t12-,14+/m1/s1. The molecule has 0 bridgehead atoms. The van der Waals surface area contributed by atoms with Crippen molar-refractivity contribution < 1.29 is 23.9 Å². The molecule has 1 heterocycles. The van der Waals surface area contributed by atoms with Gasteiger partial charge in [0.05, 0.1) is 7.11 Å². The van der Waals surface area contributed by atoms with Gasteiger partial charge < -0.3 is 15.4 Å². The Balaban J connectivity index is 2.04. The third-order valence-electron chi connectivity index (χ3n) is 5.49. The van der Waals surface area contributed by atoms with Crippen LogP contribution in [0.4, 0.5) is 4.79 Å². The van der Waals surface area contributed by atoms with Gasteiger partial charge in [0.25, 0.3) is 5.91 Å². The van der Waals surface area contributed by atoms with E-state index in [1.54, 1.807) is 0 Å². The van der Waals surface area contributed by atoms with Gasteiger partial charge in [-0.2, -0.15) is 0 Å². The maximum absolute atomic E-state index is 12.8. The number of esters is 1. The summed E-state index contributed by atoms with van der Waals surface area (Å²) in [5.41, 5.74) is -0.869. The SMILES string of the molecule is CC[C@@H](C)[C@H](NC(=O)CN1C(=O)NC2(CCCCCC2)C1=O)C(=O)OC. The average molecular weight is 367 g/mol. The van der Waals surface area contributed by atoms with Gasteiger partial charge in [-0.3, -0.25) is 14.5 Å². The number of ether oxygens (including phenoxy) is 1. The van der Waals surface area contributed by atoms with E-state index in [2.05, 4.69) is 10.6 Å². The van der Waals surface area contributed by atoms with Gasteiger partial charge in [0.15, 0.2) is 0 Å². The molecule has 2 aliphatic rings. The van der Waals surface area contributed by atoms with Gasteiger partial charge in [0, 0.05) is 0 Å². The Morgan fingerprint density at radius 2 is 1.85 bits per heavy atom. The molecule has 26 heavy (non-hydrogen) atoms. The predicted octanol–water partition coefficient (Wildman–Crippen LogP) is 1.34. The molecule has 1 aliphatic heterocycles. The minimum Gasteiger partial charge on any atom is -0.467 e. The molecular formula is C18H29N3O5. The van der Waals surface area contributed by atoms with Crippen LogP contribution in [0.2, 0.25) is 0 Å². The Kier molecular flexibility index (Phi) is 6.61. The molecule has 2 N–H and O–H groups in total. The zero-order valence-corrected chi connectivity index (χ0v) is 15.8. The minimum absolute atomic E-state index is 0.122. The quantitative estimate of drug-likeness (QED) is 0.544. The molecule has 4 amide bonds. The first-order chi connectivity index (χ1) is 12.3. The summed E-state index contributed by atoms with van der Waals surface area (Å²) in [6, 6.07) is -1.34. The van der Waals surface area contributed by atoms with E-state index >= 15 is 0 Å². The number of rotatable bonds is 6. The van der Waals surface area contributed by atoms with E-state index < -0.39 is 36.0 Å². The molecule has 2 fully saturated rings. The monoisotopic (exact) mass is 367 g/mol. The number of methoxy groups -OCH3 is 1. The summed E-state index contributed by atoms with van der Waals surface area (Å²) in [6.07, 6.45) is 5.73. The molecule has 1 saturated carbocycles. The number of carbonyl (C=O) groups excluding carboxylic acids is 4. The normalized spacial score (nSPS) is 21.7. The zero-order valence-electron chi connectivity index (χ0n) is 15.8. The van der Waals surface area contributed by atoms with Crippen LogP contribution in [0.3, 0.4) is 0 Å². The fourth-order valence-electron chi connectivity index (χ4n) is 3.65. The van der Waals surface area contributed by atoms with Gasteiger partial charge in [-0.1, -0.05) is 46.0 Å². The lowest BCUT2D eigenvalue weighted by Gasteiger charge is -2.25. The number of hydrogen-bond acceptors (Lipinski definition) is 5. The summed E-state index contributed by atoms with van der Waals surface area (Å²) in [6.45, 7) is 3.34. The van der Waals surface area contributed by atoms with Crippen LogP contribution in [0.1, 0.15) is 58.8 Å². The van der Waals surface area contributed by atoms with E-state index in [0.717, 1.165) is 30.6 Å². The van der Waals surface area contributed by atoms with Gasteiger partial charge >= 0.3 is 12.0 Å². The maximum atomic E-state index is 12.8. The van der Waals surface area contributed by atoms with Crippen LogP contribution in [-0.4, -0.2) is 54.0 Å². The Morgan fingerprint density at radius 3 is 2.38 bits per heavy atom. The number of nitrogens with zero attached hydrogens (tertiary/aromatic N) is 1. The van der Waals surface area contributed by atoms with Gasteiger partial charge in [-0.25, -0.2) is 9.59 Å². The predicted molar refractivity (Wildman–Crippen MR) is 94.1 cm³/mol. The fourth-order valence-corrected chi connectivity index (χ4v) is 3.65. The second-order valence-corrected chi connectivity index (χ2v) is 7.27. The first kappa shape index (κ1) is 20.2. The second kappa shape index (κ2) is 8.51. The highest BCUT2D eigenvalue weighted by Crippen LogP contribution is 2.32. The van der Waals surface area contributed by atoms with Crippen molar-refractivity contribution in [3.63, 3.8) is 0 Å². The molecule has 0 aromatic rings. The van der Waals surface area contributed by atoms with Crippen LogP contribution in [0.25, 0.3) is 0 Å². The first-order valence-corrected chi connectivity index (χ1v) is 9.36. The molecule has 2 atom stereocenters. The summed E-state index contributed by atoms with van der Waals surface area (Å²) in [7, 11) is 1.26. The Labute approximate surface area is 154 Å². The van der Waals surface area contributed by atoms with Crippen LogP contribution < -0.4 is 10.6 Å². The summed E-state index contributed by atoms with van der Waals surface area (Å²) < 4.78 is 4.74. The van der Waals surface area contributed by atoms with Gasteiger partial charge in [0.1, 0.15) is 18.1 Å². The summed E-state index contributed by atoms with van der Waals surface area (Å²) in [5, 5.41) is 5.40. The molecule has 8 heteroatoms. The fraction of sp³-hybridized carbons (Fsp3) is 0.778. The lowest BCUT2D eigenvalue weighted by molar-refractivity contribution is -0.146. The van der Waals surface area contributed by atoms with E-state index in [9.17, 15) is 19.2 Å². The molecule has 0 aromatic heterocycles. The first-order valence-electron chi connectivity index (χ1n) is 9.36. The van der Waals surface area contributed by atoms with Crippen LogP contribution in [0, 0.1) is 5.92 Å². The van der Waals surface area contributed by atoms with Crippen LogP contribution in [0.15, 0.2) is 0 Å². The third kappa shape index (κ3) is 4.16. The van der Waals surface area contributed by atoms with Crippen molar-refractivity contribution in [2.75, 3.05) is 13.7 Å². The number of imide groups is 1. The molecule has 0 aromatic carbocycles. The lowest BCUT2D eigenvalue weighted by Crippen LogP contribution is -2.50. The van der Waals surface area contributed by atoms with Gasteiger partial charge in [0.2, 0.25) is 5.91 Å². The van der Waals surface area contributed by atoms with Crippen LogP contribution in [0.5, 0.6) is 0 Å². The number of hydrogen-bond donors (Lipinski definition) is 2. The second-order valence-electron chi connectivity index (χ2n) is 7.27. The Morgan fingerprint density at radius 1 is 1.23 bits per heavy atom. The molecule has 1 spiro atoms. The number of amides is 4. The van der Waals surface area contributed by atoms with E-state index in [1.165, 1.54) is 7.11 Å². The van der Waals surface area contributed by atoms with E-state index in [-0.39, 0.29) is 11.8 Å². The van der Waals surface area contributed by atoms with Crippen molar-refractivity contribution in [1.82, 2.24) is 15.5 Å². The number of urea groups is 1. The molecule has 1 aliphatic carbocycles. The topological polar surface area (TPSA) is 105 Å². The largest absolute Gasteiger partial charge is 0.467 e. The highest BCUT2D eigenvalue weighted by Gasteiger charge is 2.51. The zero-order chi connectivity index (χ0) is 19.3. The van der Waals surface area contributed by atoms with Crippen molar-refractivity contribution >= 4 is 23.8 Å². The van der Waals surface area contributed by atoms with E-state index in [4.69, 9.17) is 4.74 Å². The smallest absolute Gasteiger partial charge is 0.328 e. The molecule has 1 saturated heterocycles. The molecule has 2 rings (SSSR count). The van der Waals surface area contributed by atoms with Crippen molar-refractivity contribution in [1.29, 1.82) is 0 Å². The minimum atomic E-state index is -0.869. The highest BCUT2D eigenvalue weighted by atomic mass is 16.5. The lowest BCUT2D eigenvalue weighted by atomic mass is 9.90. The van der Waals surface area contributed by atoms with Crippen molar-refractivity contribution in [2.45, 2.75) is 70.4 Å². The average Bonchev–Trinajstić information content (AvgIpc) is 2.79. The Bertz CT molecular complexity index is 569. The highest BCUT2D eigenvalue weighted by molar-refractivity contribution is 6.09. The van der Waals surface area contributed by atoms with E-state index in [1.807, 2.05) is 13.8 Å². The van der Waals surface area contributed by atoms with Crippen molar-refractivity contribution in [3.05, 3.63) is 0 Å². The van der Waals surface area contributed by atoms with Gasteiger partial charge in [-0.15, -0.1) is 0 Å². The van der Waals surface area contributed by atoms with Crippen LogP contribution >= 0.6 is 0 Å². The summed E-state index contributed by atoms with van der Waals surface area (Å²) in [4.78, 5) is 50.4. The van der Waals surface area contributed by atoms with E-state index in [0.29, 0.717) is 19.3 Å². The summed E-state index contributed by atoms with van der Waals surface area (Å²) >= 11 is 0. The summed E-state index contributed by atoms with van der Waals surface area (Å²) in [5.74, 6) is -1.54. The molecular weight excluding hydrogens is 338 g/mol.